The molecule has 0 atom stereocenters. The normalized spacial score (nSPS) is 10.8. The smallest absolute Gasteiger partial charge is 0.137 e. The number of aromatic hydroxyl groups is 1. The highest BCUT2D eigenvalue weighted by molar-refractivity contribution is 6.30. The molecular formula is C15H11ClO3. The van der Waals surface area contributed by atoms with Gasteiger partial charge in [0.15, 0.2) is 0 Å². The van der Waals surface area contributed by atoms with E-state index in [1.807, 2.05) is 18.2 Å². The number of furan rings is 1. The highest BCUT2D eigenvalue weighted by Gasteiger charge is 2.07. The van der Waals surface area contributed by atoms with E-state index in [1.165, 1.54) is 0 Å². The first-order valence-corrected chi connectivity index (χ1v) is 6.17. The molecule has 2 aromatic carbocycles. The SMILES string of the molecule is Oc1ccc2c(COc3cccc(Cl)c3)coc2c1. The zero-order valence-corrected chi connectivity index (χ0v) is 10.7. The quantitative estimate of drug-likeness (QED) is 0.771. The van der Waals surface area contributed by atoms with E-state index in [-0.39, 0.29) is 5.75 Å². The van der Waals surface area contributed by atoms with Crippen molar-refractivity contribution in [1.82, 2.24) is 0 Å². The predicted octanol–water partition coefficient (Wildman–Crippen LogP) is 4.37. The molecular weight excluding hydrogens is 264 g/mol. The second-order valence-corrected chi connectivity index (χ2v) is 4.62. The molecule has 0 aliphatic rings. The Morgan fingerprint density at radius 3 is 2.89 bits per heavy atom. The van der Waals surface area contributed by atoms with Gasteiger partial charge in [0.2, 0.25) is 0 Å². The van der Waals surface area contributed by atoms with Crippen LogP contribution >= 0.6 is 11.6 Å². The number of hydrogen-bond donors (Lipinski definition) is 1. The number of phenolic OH excluding ortho intramolecular Hbond substituents is 1. The standard InChI is InChI=1S/C15H11ClO3/c16-11-2-1-3-13(6-11)18-8-10-9-19-15-7-12(17)4-5-14(10)15/h1-7,9,17H,8H2. The van der Waals surface area contributed by atoms with Crippen molar-refractivity contribution >= 4 is 22.6 Å². The Hall–Kier alpha value is -2.13. The van der Waals surface area contributed by atoms with Crippen LogP contribution in [0.4, 0.5) is 0 Å². The van der Waals surface area contributed by atoms with Crippen LogP contribution < -0.4 is 4.74 Å². The molecule has 0 saturated heterocycles. The van der Waals surface area contributed by atoms with Gasteiger partial charge in [0.1, 0.15) is 23.7 Å². The molecule has 1 heterocycles. The first-order valence-electron chi connectivity index (χ1n) is 5.80. The summed E-state index contributed by atoms with van der Waals surface area (Å²) in [4.78, 5) is 0. The van der Waals surface area contributed by atoms with Crippen molar-refractivity contribution < 1.29 is 14.3 Å². The molecule has 19 heavy (non-hydrogen) atoms. The van der Waals surface area contributed by atoms with Crippen LogP contribution in [0.3, 0.4) is 0 Å². The molecule has 96 valence electrons. The molecule has 0 radical (unpaired) electrons. The number of benzene rings is 2. The molecule has 0 saturated carbocycles. The Bertz CT molecular complexity index is 718. The van der Waals surface area contributed by atoms with Crippen molar-refractivity contribution in [3.63, 3.8) is 0 Å². The van der Waals surface area contributed by atoms with Crippen LogP contribution in [0.1, 0.15) is 5.56 Å². The molecule has 0 spiro atoms. The van der Waals surface area contributed by atoms with Gasteiger partial charge in [0, 0.05) is 22.0 Å². The summed E-state index contributed by atoms with van der Waals surface area (Å²) in [6.45, 7) is 0.387. The summed E-state index contributed by atoms with van der Waals surface area (Å²) in [6.07, 6.45) is 1.63. The van der Waals surface area contributed by atoms with Gasteiger partial charge in [-0.1, -0.05) is 17.7 Å². The number of ether oxygens (including phenoxy) is 1. The third-order valence-electron chi connectivity index (χ3n) is 2.83. The van der Waals surface area contributed by atoms with Crippen molar-refractivity contribution in [2.24, 2.45) is 0 Å². The van der Waals surface area contributed by atoms with E-state index >= 15 is 0 Å². The summed E-state index contributed by atoms with van der Waals surface area (Å²) < 4.78 is 11.0. The average Bonchev–Trinajstić information content (AvgIpc) is 2.78. The lowest BCUT2D eigenvalue weighted by atomic mass is 10.2. The Morgan fingerprint density at radius 2 is 2.05 bits per heavy atom. The molecule has 3 nitrogen and oxygen atoms in total. The maximum absolute atomic E-state index is 9.37. The predicted molar refractivity (Wildman–Crippen MR) is 73.7 cm³/mol. The largest absolute Gasteiger partial charge is 0.508 e. The zero-order chi connectivity index (χ0) is 13.2. The van der Waals surface area contributed by atoms with Crippen molar-refractivity contribution in [3.05, 3.63) is 59.3 Å². The van der Waals surface area contributed by atoms with Crippen LogP contribution in [0, 0.1) is 0 Å². The Morgan fingerprint density at radius 1 is 1.16 bits per heavy atom. The molecule has 1 aromatic heterocycles. The van der Waals surface area contributed by atoms with Crippen LogP contribution in [-0.4, -0.2) is 5.11 Å². The van der Waals surface area contributed by atoms with Crippen LogP contribution in [0.5, 0.6) is 11.5 Å². The van der Waals surface area contributed by atoms with E-state index in [0.717, 1.165) is 10.9 Å². The Labute approximate surface area is 115 Å². The second kappa shape index (κ2) is 4.86. The van der Waals surface area contributed by atoms with E-state index in [1.54, 1.807) is 30.5 Å². The number of hydrogen-bond acceptors (Lipinski definition) is 3. The number of fused-ring (bicyclic) bond motifs is 1. The van der Waals surface area contributed by atoms with Gasteiger partial charge >= 0.3 is 0 Å². The van der Waals surface area contributed by atoms with Gasteiger partial charge in [0.05, 0.1) is 6.26 Å². The van der Waals surface area contributed by atoms with Gasteiger partial charge in [0.25, 0.3) is 0 Å². The second-order valence-electron chi connectivity index (χ2n) is 4.19. The Kier molecular flexibility index (Phi) is 3.05. The molecule has 0 aliphatic carbocycles. The van der Waals surface area contributed by atoms with Gasteiger partial charge in [-0.25, -0.2) is 0 Å². The first kappa shape index (κ1) is 11.9. The van der Waals surface area contributed by atoms with Gasteiger partial charge in [-0.15, -0.1) is 0 Å². The highest BCUT2D eigenvalue weighted by Crippen LogP contribution is 2.26. The number of phenols is 1. The van der Waals surface area contributed by atoms with E-state index in [4.69, 9.17) is 20.8 Å². The molecule has 0 aliphatic heterocycles. The lowest BCUT2D eigenvalue weighted by molar-refractivity contribution is 0.306. The van der Waals surface area contributed by atoms with Crippen LogP contribution in [0.15, 0.2) is 53.1 Å². The van der Waals surface area contributed by atoms with E-state index < -0.39 is 0 Å². The van der Waals surface area contributed by atoms with Crippen LogP contribution in [0.2, 0.25) is 5.02 Å². The molecule has 4 heteroatoms. The monoisotopic (exact) mass is 274 g/mol. The van der Waals surface area contributed by atoms with E-state index in [9.17, 15) is 5.11 Å². The minimum Gasteiger partial charge on any atom is -0.508 e. The maximum Gasteiger partial charge on any atom is 0.137 e. The van der Waals surface area contributed by atoms with Gasteiger partial charge in [-0.05, 0) is 30.3 Å². The molecule has 0 amide bonds. The summed E-state index contributed by atoms with van der Waals surface area (Å²) >= 11 is 5.89. The molecule has 0 unspecified atom stereocenters. The molecule has 3 aromatic rings. The minimum absolute atomic E-state index is 0.184. The summed E-state index contributed by atoms with van der Waals surface area (Å²) in [6, 6.07) is 12.3. The zero-order valence-electron chi connectivity index (χ0n) is 9.97. The molecule has 3 rings (SSSR count). The maximum atomic E-state index is 9.37. The van der Waals surface area contributed by atoms with Crippen LogP contribution in [0.25, 0.3) is 11.0 Å². The summed E-state index contributed by atoms with van der Waals surface area (Å²) in [7, 11) is 0. The lowest BCUT2D eigenvalue weighted by Gasteiger charge is -2.05. The fraction of sp³-hybridized carbons (Fsp3) is 0.0667. The molecule has 1 N–H and O–H groups in total. The summed E-state index contributed by atoms with van der Waals surface area (Å²) in [5.74, 6) is 0.893. The highest BCUT2D eigenvalue weighted by atomic mass is 35.5. The van der Waals surface area contributed by atoms with Gasteiger partial charge < -0.3 is 14.3 Å². The van der Waals surface area contributed by atoms with Gasteiger partial charge in [-0.2, -0.15) is 0 Å². The summed E-state index contributed by atoms with van der Waals surface area (Å²) in [5, 5.41) is 10.9. The Balaban J connectivity index is 1.82. The van der Waals surface area contributed by atoms with Crippen molar-refractivity contribution in [3.8, 4) is 11.5 Å². The van der Waals surface area contributed by atoms with Crippen molar-refractivity contribution in [1.29, 1.82) is 0 Å². The van der Waals surface area contributed by atoms with Crippen molar-refractivity contribution in [2.45, 2.75) is 6.61 Å². The molecule has 0 fully saturated rings. The fourth-order valence-corrected chi connectivity index (χ4v) is 2.08. The average molecular weight is 275 g/mol. The fourth-order valence-electron chi connectivity index (χ4n) is 1.90. The topological polar surface area (TPSA) is 42.6 Å². The van der Waals surface area contributed by atoms with Gasteiger partial charge in [-0.3, -0.25) is 0 Å². The summed E-state index contributed by atoms with van der Waals surface area (Å²) in [5.41, 5.74) is 1.57. The first-order chi connectivity index (χ1) is 9.22. The minimum atomic E-state index is 0.184. The molecule has 0 bridgehead atoms. The lowest BCUT2D eigenvalue weighted by Crippen LogP contribution is -1.94. The number of halogens is 1. The van der Waals surface area contributed by atoms with E-state index in [0.29, 0.717) is 23.0 Å². The van der Waals surface area contributed by atoms with Crippen LogP contribution in [-0.2, 0) is 6.61 Å². The van der Waals surface area contributed by atoms with E-state index in [2.05, 4.69) is 0 Å². The third kappa shape index (κ3) is 2.51. The number of rotatable bonds is 3. The van der Waals surface area contributed by atoms with Crippen molar-refractivity contribution in [2.75, 3.05) is 0 Å². The third-order valence-corrected chi connectivity index (χ3v) is 3.06.